The van der Waals surface area contributed by atoms with E-state index in [0.29, 0.717) is 23.8 Å². The third-order valence-corrected chi connectivity index (χ3v) is 7.08. The van der Waals surface area contributed by atoms with Gasteiger partial charge in [0.2, 0.25) is 16.6 Å². The highest BCUT2D eigenvalue weighted by Gasteiger charge is 2.26. The number of rotatable bonds is 6. The predicted molar refractivity (Wildman–Crippen MR) is 109 cm³/mol. The third kappa shape index (κ3) is 4.90. The number of amides is 1. The molecular weight excluding hydrogens is 398 g/mol. The van der Waals surface area contributed by atoms with Gasteiger partial charge in [0, 0.05) is 25.2 Å². The molecule has 0 unspecified atom stereocenters. The second kappa shape index (κ2) is 9.03. The first kappa shape index (κ1) is 20.8. The molecule has 0 spiro atoms. The van der Waals surface area contributed by atoms with Crippen LogP contribution in [0, 0.1) is 0 Å². The number of sulfonamides is 1. The van der Waals surface area contributed by atoms with Crippen molar-refractivity contribution >= 4 is 33.2 Å². The second-order valence-corrected chi connectivity index (χ2v) is 9.23. The van der Waals surface area contributed by atoms with Crippen molar-refractivity contribution < 1.29 is 17.8 Å². The molecule has 1 amide bonds. The van der Waals surface area contributed by atoms with E-state index in [1.54, 1.807) is 4.57 Å². The highest BCUT2D eigenvalue weighted by molar-refractivity contribution is 7.89. The van der Waals surface area contributed by atoms with Crippen molar-refractivity contribution in [3.8, 4) is 0 Å². The zero-order chi connectivity index (χ0) is 20.1. The minimum Gasteiger partial charge on any atom is -0.319 e. The minimum atomic E-state index is -3.59. The molecule has 0 atom stereocenters. The average Bonchev–Trinajstić information content (AvgIpc) is 2.70. The van der Waals surface area contributed by atoms with Gasteiger partial charge in [-0.25, -0.2) is 8.42 Å². The van der Waals surface area contributed by atoms with Gasteiger partial charge < -0.3 is 5.32 Å². The number of benzene rings is 1. The van der Waals surface area contributed by atoms with Crippen molar-refractivity contribution in [2.75, 3.05) is 18.4 Å². The Labute approximate surface area is 171 Å². The van der Waals surface area contributed by atoms with Crippen LogP contribution in [-0.2, 0) is 27.8 Å². The van der Waals surface area contributed by atoms with Gasteiger partial charge in [0.25, 0.3) is 5.91 Å². The van der Waals surface area contributed by atoms with Crippen LogP contribution in [0.5, 0.6) is 0 Å². The van der Waals surface area contributed by atoms with Gasteiger partial charge in [-0.3, -0.25) is 4.79 Å². The number of hydrogen-bond acceptors (Lipinski definition) is 3. The highest BCUT2D eigenvalue weighted by atomic mass is 35.5. The summed E-state index contributed by atoms with van der Waals surface area (Å²) in [4.78, 5) is 12.5. The van der Waals surface area contributed by atoms with E-state index in [2.05, 4.69) is 12.2 Å². The molecule has 1 aromatic heterocycles. The lowest BCUT2D eigenvalue weighted by Gasteiger charge is -2.26. The van der Waals surface area contributed by atoms with Gasteiger partial charge in [-0.2, -0.15) is 8.87 Å². The molecule has 2 aromatic rings. The van der Waals surface area contributed by atoms with Crippen molar-refractivity contribution in [1.29, 1.82) is 0 Å². The van der Waals surface area contributed by atoms with Crippen LogP contribution >= 0.6 is 11.6 Å². The number of piperidine rings is 1. The molecule has 1 saturated heterocycles. The molecule has 1 N–H and O–H groups in total. The normalized spacial score (nSPS) is 15.4. The molecule has 0 saturated carbocycles. The SMILES string of the molecule is CCc1cc[n+](CC(=O)Nc2cc(S(=O)(=O)N3CCCCC3)ccc2Cl)cc1. The van der Waals surface area contributed by atoms with Crippen LogP contribution in [0.3, 0.4) is 0 Å². The van der Waals surface area contributed by atoms with Gasteiger partial charge in [0.15, 0.2) is 12.4 Å². The summed E-state index contributed by atoms with van der Waals surface area (Å²) in [6.07, 6.45) is 7.40. The van der Waals surface area contributed by atoms with Crippen molar-refractivity contribution in [1.82, 2.24) is 4.31 Å². The molecule has 0 radical (unpaired) electrons. The predicted octanol–water partition coefficient (Wildman–Crippen LogP) is 3.00. The van der Waals surface area contributed by atoms with Gasteiger partial charge in [-0.05, 0) is 43.0 Å². The summed E-state index contributed by atoms with van der Waals surface area (Å²) in [5.74, 6) is -0.274. The zero-order valence-corrected chi connectivity index (χ0v) is 17.5. The van der Waals surface area contributed by atoms with Crippen LogP contribution in [0.4, 0.5) is 5.69 Å². The molecule has 3 rings (SSSR count). The summed E-state index contributed by atoms with van der Waals surface area (Å²) in [6, 6.07) is 8.37. The smallest absolute Gasteiger partial charge is 0.290 e. The standard InChI is InChI=1S/C20H24ClN3O3S/c1-2-16-8-12-23(13-9-16)15-20(25)22-19-14-17(6-7-18(19)21)28(26,27)24-10-4-3-5-11-24/h6-9,12-14H,2-5,10-11,15H2,1H3/p+1. The molecular formula is C20H25ClN3O3S+. The van der Waals surface area contributed by atoms with Crippen LogP contribution in [0.2, 0.25) is 5.02 Å². The first-order valence-electron chi connectivity index (χ1n) is 9.47. The van der Waals surface area contributed by atoms with Crippen molar-refractivity contribution in [3.63, 3.8) is 0 Å². The number of pyridine rings is 1. The fourth-order valence-electron chi connectivity index (χ4n) is 3.20. The lowest BCUT2D eigenvalue weighted by atomic mass is 10.2. The molecule has 1 aromatic carbocycles. The number of carbonyl (C=O) groups is 1. The Morgan fingerprint density at radius 2 is 1.82 bits per heavy atom. The topological polar surface area (TPSA) is 70.4 Å². The fraction of sp³-hybridized carbons (Fsp3) is 0.400. The molecule has 1 fully saturated rings. The molecule has 0 aliphatic carbocycles. The number of aromatic nitrogens is 1. The minimum absolute atomic E-state index is 0.115. The van der Waals surface area contributed by atoms with Crippen molar-refractivity contribution in [2.45, 2.75) is 44.0 Å². The van der Waals surface area contributed by atoms with Gasteiger partial charge in [0.05, 0.1) is 15.6 Å². The molecule has 6 nitrogen and oxygen atoms in total. The summed E-state index contributed by atoms with van der Waals surface area (Å²) >= 11 is 6.19. The number of hydrogen-bond donors (Lipinski definition) is 1. The summed E-state index contributed by atoms with van der Waals surface area (Å²) in [5, 5.41) is 3.03. The number of nitrogens with zero attached hydrogens (tertiary/aromatic N) is 2. The van der Waals surface area contributed by atoms with Crippen LogP contribution in [0.25, 0.3) is 0 Å². The fourth-order valence-corrected chi connectivity index (χ4v) is 4.91. The number of halogens is 1. The Bertz CT molecular complexity index is 940. The summed E-state index contributed by atoms with van der Waals surface area (Å²) < 4.78 is 29.0. The first-order chi connectivity index (χ1) is 13.4. The second-order valence-electron chi connectivity index (χ2n) is 6.89. The van der Waals surface area contributed by atoms with Crippen molar-refractivity contribution in [3.05, 3.63) is 53.3 Å². The van der Waals surface area contributed by atoms with Crippen LogP contribution in [0.15, 0.2) is 47.6 Å². The first-order valence-corrected chi connectivity index (χ1v) is 11.3. The maximum absolute atomic E-state index is 12.9. The van der Waals surface area contributed by atoms with E-state index >= 15 is 0 Å². The van der Waals surface area contributed by atoms with Crippen LogP contribution in [-0.4, -0.2) is 31.7 Å². The van der Waals surface area contributed by atoms with Gasteiger partial charge >= 0.3 is 0 Å². The molecule has 2 heterocycles. The Hall–Kier alpha value is -1.96. The monoisotopic (exact) mass is 422 g/mol. The Morgan fingerprint density at radius 3 is 2.46 bits per heavy atom. The largest absolute Gasteiger partial charge is 0.319 e. The number of carbonyl (C=O) groups excluding carboxylic acids is 1. The third-order valence-electron chi connectivity index (χ3n) is 4.86. The summed E-state index contributed by atoms with van der Waals surface area (Å²) in [6.45, 7) is 3.23. The van der Waals surface area contributed by atoms with Gasteiger partial charge in [0.1, 0.15) is 0 Å². The summed E-state index contributed by atoms with van der Waals surface area (Å²) in [5.41, 5.74) is 1.49. The molecule has 8 heteroatoms. The molecule has 150 valence electrons. The maximum Gasteiger partial charge on any atom is 0.290 e. The van der Waals surface area contributed by atoms with E-state index in [4.69, 9.17) is 11.6 Å². The molecule has 1 aliphatic heterocycles. The molecule has 28 heavy (non-hydrogen) atoms. The Kier molecular flexibility index (Phi) is 6.69. The van der Waals surface area contributed by atoms with E-state index in [-0.39, 0.29) is 17.3 Å². The number of aryl methyl sites for hydroxylation is 1. The van der Waals surface area contributed by atoms with E-state index in [1.165, 1.54) is 28.1 Å². The van der Waals surface area contributed by atoms with Crippen molar-refractivity contribution in [2.24, 2.45) is 0 Å². The van der Waals surface area contributed by atoms with Crippen LogP contribution < -0.4 is 9.88 Å². The lowest BCUT2D eigenvalue weighted by Crippen LogP contribution is -2.39. The zero-order valence-electron chi connectivity index (χ0n) is 15.9. The Balaban J connectivity index is 1.74. The van der Waals surface area contributed by atoms with Gasteiger partial charge in [-0.15, -0.1) is 0 Å². The average molecular weight is 423 g/mol. The highest BCUT2D eigenvalue weighted by Crippen LogP contribution is 2.28. The van der Waals surface area contributed by atoms with E-state index in [0.717, 1.165) is 25.7 Å². The summed E-state index contributed by atoms with van der Waals surface area (Å²) in [7, 11) is -3.59. The molecule has 1 aliphatic rings. The van der Waals surface area contributed by atoms with E-state index in [1.807, 2.05) is 24.5 Å². The number of nitrogens with one attached hydrogen (secondary N) is 1. The quantitative estimate of drug-likeness (QED) is 0.727. The van der Waals surface area contributed by atoms with E-state index in [9.17, 15) is 13.2 Å². The van der Waals surface area contributed by atoms with E-state index < -0.39 is 10.0 Å². The van der Waals surface area contributed by atoms with Gasteiger partial charge in [-0.1, -0.05) is 24.9 Å². The number of anilines is 1. The Morgan fingerprint density at radius 1 is 1.14 bits per heavy atom. The molecule has 0 bridgehead atoms. The lowest BCUT2D eigenvalue weighted by molar-refractivity contribution is -0.684. The van der Waals surface area contributed by atoms with Crippen LogP contribution in [0.1, 0.15) is 31.7 Å². The maximum atomic E-state index is 12.9.